The molecule has 1 unspecified atom stereocenters. The van der Waals surface area contributed by atoms with E-state index in [4.69, 9.17) is 4.42 Å². The SMILES string of the molecule is CC(C)CNCc1nnc(NC(C)c2nccs2)o1. The highest BCUT2D eigenvalue weighted by molar-refractivity contribution is 7.09. The fraction of sp³-hybridized carbons (Fsp3) is 0.583. The van der Waals surface area contributed by atoms with Crippen molar-refractivity contribution >= 4 is 17.4 Å². The van der Waals surface area contributed by atoms with Crippen LogP contribution in [0.2, 0.25) is 0 Å². The molecule has 0 aliphatic carbocycles. The Kier molecular flexibility index (Phi) is 4.86. The lowest BCUT2D eigenvalue weighted by molar-refractivity contribution is 0.456. The minimum atomic E-state index is 0.0666. The zero-order chi connectivity index (χ0) is 13.7. The number of rotatable bonds is 7. The third-order valence-electron chi connectivity index (χ3n) is 2.46. The van der Waals surface area contributed by atoms with Crippen LogP contribution in [0.5, 0.6) is 0 Å². The van der Waals surface area contributed by atoms with Gasteiger partial charge in [0.15, 0.2) is 0 Å². The lowest BCUT2D eigenvalue weighted by Gasteiger charge is -2.07. The maximum absolute atomic E-state index is 5.52. The van der Waals surface area contributed by atoms with Crippen molar-refractivity contribution in [1.29, 1.82) is 0 Å². The number of anilines is 1. The van der Waals surface area contributed by atoms with Crippen LogP contribution in [-0.2, 0) is 6.54 Å². The second-order valence-corrected chi connectivity index (χ2v) is 5.69. The van der Waals surface area contributed by atoms with Crippen LogP contribution < -0.4 is 10.6 Å². The average molecular weight is 281 g/mol. The van der Waals surface area contributed by atoms with Gasteiger partial charge >= 0.3 is 6.01 Å². The van der Waals surface area contributed by atoms with E-state index in [1.807, 2.05) is 12.3 Å². The van der Waals surface area contributed by atoms with Crippen molar-refractivity contribution in [2.75, 3.05) is 11.9 Å². The Morgan fingerprint density at radius 2 is 2.16 bits per heavy atom. The van der Waals surface area contributed by atoms with Gasteiger partial charge in [0.05, 0.1) is 12.6 Å². The predicted molar refractivity (Wildman–Crippen MR) is 75.0 cm³/mol. The van der Waals surface area contributed by atoms with Crippen LogP contribution in [0.3, 0.4) is 0 Å². The van der Waals surface area contributed by atoms with E-state index in [1.165, 1.54) is 0 Å². The van der Waals surface area contributed by atoms with E-state index < -0.39 is 0 Å². The topological polar surface area (TPSA) is 75.9 Å². The Hall–Kier alpha value is -1.47. The van der Waals surface area contributed by atoms with Gasteiger partial charge in [0.1, 0.15) is 5.01 Å². The molecule has 0 fully saturated rings. The van der Waals surface area contributed by atoms with E-state index in [9.17, 15) is 0 Å². The molecule has 0 radical (unpaired) electrons. The molecule has 2 N–H and O–H groups in total. The van der Waals surface area contributed by atoms with Crippen LogP contribution in [-0.4, -0.2) is 21.7 Å². The van der Waals surface area contributed by atoms with Crippen molar-refractivity contribution in [3.8, 4) is 0 Å². The van der Waals surface area contributed by atoms with E-state index in [2.05, 4.69) is 39.7 Å². The van der Waals surface area contributed by atoms with Gasteiger partial charge < -0.3 is 15.1 Å². The lowest BCUT2D eigenvalue weighted by Crippen LogP contribution is -2.19. The second kappa shape index (κ2) is 6.63. The Morgan fingerprint density at radius 1 is 1.32 bits per heavy atom. The first-order valence-corrected chi connectivity index (χ1v) is 7.22. The van der Waals surface area contributed by atoms with E-state index in [-0.39, 0.29) is 6.04 Å². The molecule has 19 heavy (non-hydrogen) atoms. The maximum Gasteiger partial charge on any atom is 0.316 e. The van der Waals surface area contributed by atoms with Gasteiger partial charge in [0.25, 0.3) is 0 Å². The van der Waals surface area contributed by atoms with E-state index in [0.717, 1.165) is 11.6 Å². The maximum atomic E-state index is 5.52. The fourth-order valence-corrected chi connectivity index (χ4v) is 2.19. The minimum absolute atomic E-state index is 0.0666. The monoisotopic (exact) mass is 281 g/mol. The van der Waals surface area contributed by atoms with Gasteiger partial charge in [-0.3, -0.25) is 0 Å². The second-order valence-electron chi connectivity index (χ2n) is 4.76. The molecule has 1 atom stereocenters. The van der Waals surface area contributed by atoms with Gasteiger partial charge in [-0.2, -0.15) is 0 Å². The molecule has 0 amide bonds. The van der Waals surface area contributed by atoms with Gasteiger partial charge in [0, 0.05) is 11.6 Å². The first-order chi connectivity index (χ1) is 9.15. The molecule has 2 rings (SSSR count). The van der Waals surface area contributed by atoms with Gasteiger partial charge in [-0.1, -0.05) is 18.9 Å². The van der Waals surface area contributed by atoms with Gasteiger partial charge in [-0.05, 0) is 19.4 Å². The molecular weight excluding hydrogens is 262 g/mol. The molecule has 0 aromatic carbocycles. The largest absolute Gasteiger partial charge is 0.407 e. The molecule has 0 spiro atoms. The smallest absolute Gasteiger partial charge is 0.316 e. The molecule has 7 heteroatoms. The van der Waals surface area contributed by atoms with Gasteiger partial charge in [0.2, 0.25) is 5.89 Å². The Balaban J connectivity index is 1.83. The lowest BCUT2D eigenvalue weighted by atomic mass is 10.2. The molecule has 0 saturated carbocycles. The number of nitrogens with zero attached hydrogens (tertiary/aromatic N) is 3. The molecule has 2 aromatic rings. The summed E-state index contributed by atoms with van der Waals surface area (Å²) in [6.45, 7) is 7.85. The molecule has 0 aliphatic rings. The number of thiazole rings is 1. The highest BCUT2D eigenvalue weighted by Crippen LogP contribution is 2.19. The predicted octanol–water partition coefficient (Wildman–Crippen LogP) is 2.44. The van der Waals surface area contributed by atoms with Crippen LogP contribution in [0.4, 0.5) is 6.01 Å². The summed E-state index contributed by atoms with van der Waals surface area (Å²) in [6, 6.07) is 0.501. The Morgan fingerprint density at radius 3 is 2.84 bits per heavy atom. The Labute approximate surface area is 116 Å². The highest BCUT2D eigenvalue weighted by Gasteiger charge is 2.12. The van der Waals surface area contributed by atoms with Crippen molar-refractivity contribution in [3.63, 3.8) is 0 Å². The van der Waals surface area contributed by atoms with E-state index in [0.29, 0.717) is 24.4 Å². The zero-order valence-corrected chi connectivity index (χ0v) is 12.2. The Bertz CT molecular complexity index is 482. The summed E-state index contributed by atoms with van der Waals surface area (Å²) in [6.07, 6.45) is 1.78. The third kappa shape index (κ3) is 4.29. The normalized spacial score (nSPS) is 12.8. The first-order valence-electron chi connectivity index (χ1n) is 6.34. The third-order valence-corrected chi connectivity index (χ3v) is 3.42. The van der Waals surface area contributed by atoms with Crippen LogP contribution in [0, 0.1) is 5.92 Å². The van der Waals surface area contributed by atoms with Crippen LogP contribution >= 0.6 is 11.3 Å². The first kappa shape index (κ1) is 14.0. The van der Waals surface area contributed by atoms with Crippen molar-refractivity contribution in [1.82, 2.24) is 20.5 Å². The molecular formula is C12H19N5OS. The van der Waals surface area contributed by atoms with Gasteiger partial charge in [-0.25, -0.2) is 4.98 Å². The van der Waals surface area contributed by atoms with Crippen LogP contribution in [0.15, 0.2) is 16.0 Å². The number of nitrogens with one attached hydrogen (secondary N) is 2. The summed E-state index contributed by atoms with van der Waals surface area (Å²) in [4.78, 5) is 4.24. The number of aromatic nitrogens is 3. The summed E-state index contributed by atoms with van der Waals surface area (Å²) in [5.74, 6) is 1.19. The highest BCUT2D eigenvalue weighted by atomic mass is 32.1. The summed E-state index contributed by atoms with van der Waals surface area (Å²) in [5.41, 5.74) is 0. The number of hydrogen-bond acceptors (Lipinski definition) is 7. The summed E-state index contributed by atoms with van der Waals surface area (Å²) >= 11 is 1.60. The van der Waals surface area contributed by atoms with Crippen LogP contribution in [0.25, 0.3) is 0 Å². The molecule has 2 heterocycles. The van der Waals surface area contributed by atoms with Crippen molar-refractivity contribution < 1.29 is 4.42 Å². The minimum Gasteiger partial charge on any atom is -0.407 e. The summed E-state index contributed by atoms with van der Waals surface area (Å²) in [7, 11) is 0. The summed E-state index contributed by atoms with van der Waals surface area (Å²) in [5, 5.41) is 17.3. The molecule has 0 saturated heterocycles. The van der Waals surface area contributed by atoms with Crippen molar-refractivity contribution in [2.24, 2.45) is 5.92 Å². The standard InChI is InChI=1S/C12H19N5OS/c1-8(2)6-13-7-10-16-17-12(18-10)15-9(3)11-14-4-5-19-11/h4-5,8-9,13H,6-7H2,1-3H3,(H,15,17). The molecule has 6 nitrogen and oxygen atoms in total. The molecule has 104 valence electrons. The van der Waals surface area contributed by atoms with Crippen molar-refractivity contribution in [2.45, 2.75) is 33.4 Å². The molecule has 2 aromatic heterocycles. The van der Waals surface area contributed by atoms with E-state index in [1.54, 1.807) is 17.5 Å². The van der Waals surface area contributed by atoms with Gasteiger partial charge in [-0.15, -0.1) is 16.4 Å². The number of hydrogen-bond donors (Lipinski definition) is 2. The quantitative estimate of drug-likeness (QED) is 0.812. The van der Waals surface area contributed by atoms with Crippen LogP contribution in [0.1, 0.15) is 37.7 Å². The van der Waals surface area contributed by atoms with E-state index >= 15 is 0 Å². The average Bonchev–Trinajstić information content (AvgIpc) is 2.99. The molecule has 0 aliphatic heterocycles. The van der Waals surface area contributed by atoms with Crippen molar-refractivity contribution in [3.05, 3.63) is 22.5 Å². The fourth-order valence-electron chi connectivity index (χ4n) is 1.55. The zero-order valence-electron chi connectivity index (χ0n) is 11.4. The summed E-state index contributed by atoms with van der Waals surface area (Å²) < 4.78 is 5.52. The molecule has 0 bridgehead atoms.